The number of fused-ring (bicyclic) bond motifs is 4. The predicted molar refractivity (Wildman–Crippen MR) is 101 cm³/mol. The van der Waals surface area contributed by atoms with E-state index in [-0.39, 0.29) is 5.91 Å². The summed E-state index contributed by atoms with van der Waals surface area (Å²) in [6.45, 7) is 0.878. The first-order chi connectivity index (χ1) is 12.3. The van der Waals surface area contributed by atoms with Crippen LogP contribution in [0, 0.1) is 0 Å². The smallest absolute Gasteiger partial charge is 0.254 e. The van der Waals surface area contributed by atoms with Gasteiger partial charge < -0.3 is 4.90 Å². The van der Waals surface area contributed by atoms with Gasteiger partial charge in [-0.3, -0.25) is 4.79 Å². The van der Waals surface area contributed by atoms with E-state index in [0.29, 0.717) is 12.0 Å². The third-order valence-electron chi connectivity index (χ3n) is 5.78. The van der Waals surface area contributed by atoms with E-state index in [1.54, 1.807) is 11.3 Å². The van der Waals surface area contributed by atoms with E-state index in [1.165, 1.54) is 17.5 Å². The molecule has 0 saturated carbocycles. The SMILES string of the molecule is O=C(c1ccc2ncsc2c1)N1CCCC2c3ccccc3CC[C@@H]21. The number of hydrogen-bond acceptors (Lipinski definition) is 3. The van der Waals surface area contributed by atoms with Crippen molar-refractivity contribution in [1.82, 2.24) is 9.88 Å². The van der Waals surface area contributed by atoms with Gasteiger partial charge in [0.2, 0.25) is 0 Å². The average molecular weight is 348 g/mol. The molecule has 1 aliphatic carbocycles. The monoisotopic (exact) mass is 348 g/mol. The Balaban J connectivity index is 1.48. The second kappa shape index (κ2) is 5.95. The predicted octanol–water partition coefficient (Wildman–Crippen LogP) is 4.63. The minimum Gasteiger partial charge on any atom is -0.335 e. The Morgan fingerprint density at radius 2 is 2.08 bits per heavy atom. The molecule has 126 valence electrons. The molecule has 1 aliphatic heterocycles. The maximum absolute atomic E-state index is 13.2. The van der Waals surface area contributed by atoms with Crippen LogP contribution >= 0.6 is 11.3 Å². The molecule has 2 heterocycles. The number of carbonyl (C=O) groups is 1. The van der Waals surface area contributed by atoms with Crippen LogP contribution in [0.15, 0.2) is 48.0 Å². The fourth-order valence-corrected chi connectivity index (χ4v) is 5.33. The molecule has 1 saturated heterocycles. The van der Waals surface area contributed by atoms with E-state index in [0.717, 1.165) is 41.6 Å². The molecule has 2 aliphatic rings. The minimum absolute atomic E-state index is 0.185. The van der Waals surface area contributed by atoms with Crippen LogP contribution in [0.25, 0.3) is 10.2 Å². The molecule has 4 heteroatoms. The summed E-state index contributed by atoms with van der Waals surface area (Å²) in [5.74, 6) is 0.680. The maximum Gasteiger partial charge on any atom is 0.254 e. The number of nitrogens with zero attached hydrogens (tertiary/aromatic N) is 2. The van der Waals surface area contributed by atoms with Gasteiger partial charge >= 0.3 is 0 Å². The summed E-state index contributed by atoms with van der Waals surface area (Å²) in [4.78, 5) is 19.7. The van der Waals surface area contributed by atoms with Crippen LogP contribution in [0.4, 0.5) is 0 Å². The van der Waals surface area contributed by atoms with Crippen molar-refractivity contribution in [1.29, 1.82) is 0 Å². The first kappa shape index (κ1) is 15.1. The molecule has 1 fully saturated rings. The highest BCUT2D eigenvalue weighted by Gasteiger charge is 2.38. The third kappa shape index (κ3) is 2.47. The lowest BCUT2D eigenvalue weighted by molar-refractivity contribution is 0.0547. The van der Waals surface area contributed by atoms with Gasteiger partial charge in [-0.25, -0.2) is 4.98 Å². The zero-order valence-corrected chi connectivity index (χ0v) is 14.8. The Hall–Kier alpha value is -2.20. The van der Waals surface area contributed by atoms with Crippen molar-refractivity contribution >= 4 is 27.5 Å². The molecule has 2 aromatic carbocycles. The molecular weight excluding hydrogens is 328 g/mol. The maximum atomic E-state index is 13.2. The summed E-state index contributed by atoms with van der Waals surface area (Å²) in [5.41, 5.74) is 6.56. The van der Waals surface area contributed by atoms with E-state index in [1.807, 2.05) is 23.7 Å². The number of benzene rings is 2. The minimum atomic E-state index is 0.185. The lowest BCUT2D eigenvalue weighted by Crippen LogP contribution is -2.49. The van der Waals surface area contributed by atoms with Gasteiger partial charge in [-0.1, -0.05) is 24.3 Å². The van der Waals surface area contributed by atoms with E-state index >= 15 is 0 Å². The third-order valence-corrected chi connectivity index (χ3v) is 6.57. The number of amides is 1. The number of aryl methyl sites for hydroxylation is 1. The number of aromatic nitrogens is 1. The van der Waals surface area contributed by atoms with E-state index in [9.17, 15) is 4.79 Å². The molecule has 1 amide bonds. The molecule has 1 aromatic heterocycles. The van der Waals surface area contributed by atoms with Gasteiger partial charge in [0.05, 0.1) is 15.7 Å². The second-order valence-corrected chi connectivity index (χ2v) is 7.97. The Labute approximate surface area is 151 Å². The molecule has 0 bridgehead atoms. The van der Waals surface area contributed by atoms with Gasteiger partial charge in [-0.05, 0) is 55.0 Å². The van der Waals surface area contributed by atoms with Gasteiger partial charge in [-0.2, -0.15) is 0 Å². The van der Waals surface area contributed by atoms with Crippen molar-refractivity contribution in [3.8, 4) is 0 Å². The van der Waals surface area contributed by atoms with Crippen molar-refractivity contribution in [2.24, 2.45) is 0 Å². The van der Waals surface area contributed by atoms with Crippen LogP contribution in [0.5, 0.6) is 0 Å². The second-order valence-electron chi connectivity index (χ2n) is 7.09. The van der Waals surface area contributed by atoms with Crippen molar-refractivity contribution in [2.45, 2.75) is 37.6 Å². The number of piperidine rings is 1. The molecule has 1 unspecified atom stereocenters. The Kier molecular flexibility index (Phi) is 3.59. The Morgan fingerprint density at radius 3 is 3.04 bits per heavy atom. The zero-order chi connectivity index (χ0) is 16.8. The van der Waals surface area contributed by atoms with Gasteiger partial charge in [0.15, 0.2) is 0 Å². The van der Waals surface area contributed by atoms with Crippen LogP contribution in [0.1, 0.15) is 46.7 Å². The highest BCUT2D eigenvalue weighted by atomic mass is 32.1. The van der Waals surface area contributed by atoms with Crippen LogP contribution in [-0.2, 0) is 6.42 Å². The fourth-order valence-electron chi connectivity index (χ4n) is 4.61. The molecular formula is C21H20N2OS. The Bertz CT molecular complexity index is 948. The molecule has 5 rings (SSSR count). The summed E-state index contributed by atoms with van der Waals surface area (Å²) in [7, 11) is 0. The van der Waals surface area contributed by atoms with E-state index in [2.05, 4.69) is 34.1 Å². The lowest BCUT2D eigenvalue weighted by Gasteiger charge is -2.45. The highest BCUT2D eigenvalue weighted by Crippen LogP contribution is 2.41. The van der Waals surface area contributed by atoms with Crippen LogP contribution in [0.2, 0.25) is 0 Å². The van der Waals surface area contributed by atoms with E-state index < -0.39 is 0 Å². The van der Waals surface area contributed by atoms with Crippen LogP contribution in [0.3, 0.4) is 0 Å². The molecule has 3 aromatic rings. The zero-order valence-electron chi connectivity index (χ0n) is 14.0. The van der Waals surface area contributed by atoms with Gasteiger partial charge in [0.1, 0.15) is 0 Å². The standard InChI is InChI=1S/C21H20N2OS/c24-21(15-7-9-18-20(12-15)25-13-22-18)23-11-3-6-17-16-5-2-1-4-14(16)8-10-19(17)23/h1-2,4-5,7,9,12-13,17,19H,3,6,8,10-11H2/t17?,19-/m0/s1. The first-order valence-corrected chi connectivity index (χ1v) is 9.91. The molecule has 25 heavy (non-hydrogen) atoms. The summed E-state index contributed by atoms with van der Waals surface area (Å²) in [5, 5.41) is 0. The van der Waals surface area contributed by atoms with Gasteiger partial charge in [0, 0.05) is 24.1 Å². The number of likely N-dealkylation sites (tertiary alicyclic amines) is 1. The van der Waals surface area contributed by atoms with Gasteiger partial charge in [-0.15, -0.1) is 11.3 Å². The molecule has 2 atom stereocenters. The van der Waals surface area contributed by atoms with Gasteiger partial charge in [0.25, 0.3) is 5.91 Å². The largest absolute Gasteiger partial charge is 0.335 e. The average Bonchev–Trinajstić information content (AvgIpc) is 3.14. The topological polar surface area (TPSA) is 33.2 Å². The fraction of sp³-hybridized carbons (Fsp3) is 0.333. The first-order valence-electron chi connectivity index (χ1n) is 9.03. The van der Waals surface area contributed by atoms with Crippen molar-refractivity contribution in [3.63, 3.8) is 0 Å². The molecule has 3 nitrogen and oxygen atoms in total. The summed E-state index contributed by atoms with van der Waals surface area (Å²) >= 11 is 1.60. The summed E-state index contributed by atoms with van der Waals surface area (Å²) < 4.78 is 1.09. The van der Waals surface area contributed by atoms with Crippen molar-refractivity contribution < 1.29 is 4.79 Å². The number of hydrogen-bond donors (Lipinski definition) is 0. The summed E-state index contributed by atoms with van der Waals surface area (Å²) in [6.07, 6.45) is 4.44. The molecule has 0 spiro atoms. The van der Waals surface area contributed by atoms with E-state index in [4.69, 9.17) is 0 Å². The lowest BCUT2D eigenvalue weighted by atomic mass is 9.74. The number of thiazole rings is 1. The number of rotatable bonds is 1. The molecule has 0 radical (unpaired) electrons. The van der Waals surface area contributed by atoms with Crippen molar-refractivity contribution in [2.75, 3.05) is 6.54 Å². The van der Waals surface area contributed by atoms with Crippen LogP contribution < -0.4 is 0 Å². The molecule has 0 N–H and O–H groups in total. The van der Waals surface area contributed by atoms with Crippen molar-refractivity contribution in [3.05, 3.63) is 64.7 Å². The normalized spacial score (nSPS) is 22.5. The van der Waals surface area contributed by atoms with Crippen LogP contribution in [-0.4, -0.2) is 28.4 Å². The summed E-state index contributed by atoms with van der Waals surface area (Å²) in [6, 6.07) is 15.0. The quantitative estimate of drug-likeness (QED) is 0.642. The highest BCUT2D eigenvalue weighted by molar-refractivity contribution is 7.16. The number of carbonyl (C=O) groups excluding carboxylic acids is 1. The Morgan fingerprint density at radius 1 is 1.16 bits per heavy atom.